The van der Waals surface area contributed by atoms with Gasteiger partial charge in [0.1, 0.15) is 5.01 Å². The van der Waals surface area contributed by atoms with Gasteiger partial charge in [0.25, 0.3) is 0 Å². The highest BCUT2D eigenvalue weighted by molar-refractivity contribution is 8.03. The Hall–Kier alpha value is -0.620. The Labute approximate surface area is 122 Å². The van der Waals surface area contributed by atoms with E-state index >= 15 is 0 Å². The van der Waals surface area contributed by atoms with E-state index in [0.29, 0.717) is 6.04 Å². The van der Waals surface area contributed by atoms with Crippen LogP contribution in [-0.2, 0) is 4.79 Å². The molecular formula is C13H21N3OS2. The lowest BCUT2D eigenvalue weighted by atomic mass is 9.95. The number of carbonyl (C=O) groups is 1. The number of carbonyl (C=O) groups excluding carboxylic acids is 1. The second kappa shape index (κ2) is 6.22. The molecule has 19 heavy (non-hydrogen) atoms. The number of aryl methyl sites for hydroxylation is 1. The minimum absolute atomic E-state index is 0.109. The summed E-state index contributed by atoms with van der Waals surface area (Å²) in [6, 6.07) is 0.359. The SMILES string of the molecule is Cc1nnc(SC(C)(C)C(=O)NC2CCCCC2)s1. The Balaban J connectivity index is 1.92. The quantitative estimate of drug-likeness (QED) is 0.868. The Bertz CT molecular complexity index is 439. The van der Waals surface area contributed by atoms with Crippen LogP contribution in [0.1, 0.15) is 51.0 Å². The van der Waals surface area contributed by atoms with Crippen molar-refractivity contribution in [2.24, 2.45) is 0 Å². The molecule has 1 saturated carbocycles. The summed E-state index contributed by atoms with van der Waals surface area (Å²) in [5, 5.41) is 12.2. The van der Waals surface area contributed by atoms with Gasteiger partial charge in [-0.05, 0) is 33.6 Å². The number of nitrogens with zero attached hydrogens (tertiary/aromatic N) is 2. The summed E-state index contributed by atoms with van der Waals surface area (Å²) in [5.74, 6) is 0.109. The van der Waals surface area contributed by atoms with Gasteiger partial charge in [0.05, 0.1) is 4.75 Å². The van der Waals surface area contributed by atoms with Gasteiger partial charge >= 0.3 is 0 Å². The molecule has 1 aromatic rings. The fraction of sp³-hybridized carbons (Fsp3) is 0.769. The van der Waals surface area contributed by atoms with E-state index in [4.69, 9.17) is 0 Å². The third-order valence-electron chi connectivity index (χ3n) is 3.34. The lowest BCUT2D eigenvalue weighted by Crippen LogP contribution is -2.45. The fourth-order valence-corrected chi connectivity index (χ4v) is 4.43. The van der Waals surface area contributed by atoms with Crippen molar-refractivity contribution in [2.45, 2.75) is 68.0 Å². The van der Waals surface area contributed by atoms with Gasteiger partial charge in [0, 0.05) is 6.04 Å². The van der Waals surface area contributed by atoms with E-state index < -0.39 is 4.75 Å². The summed E-state index contributed by atoms with van der Waals surface area (Å²) in [5.41, 5.74) is 0. The molecule has 1 aliphatic rings. The molecular weight excluding hydrogens is 278 g/mol. The average molecular weight is 299 g/mol. The van der Waals surface area contributed by atoms with Crippen LogP contribution in [0.5, 0.6) is 0 Å². The van der Waals surface area contributed by atoms with Gasteiger partial charge in [0.15, 0.2) is 4.34 Å². The van der Waals surface area contributed by atoms with Gasteiger partial charge in [-0.2, -0.15) is 0 Å². The van der Waals surface area contributed by atoms with Crippen molar-refractivity contribution in [3.05, 3.63) is 5.01 Å². The van der Waals surface area contributed by atoms with Crippen LogP contribution in [0.2, 0.25) is 0 Å². The van der Waals surface area contributed by atoms with E-state index in [1.54, 1.807) is 0 Å². The highest BCUT2D eigenvalue weighted by Gasteiger charge is 2.32. The Kier molecular flexibility index (Phi) is 4.84. The molecule has 0 unspecified atom stereocenters. The minimum Gasteiger partial charge on any atom is -0.352 e. The van der Waals surface area contributed by atoms with Crippen LogP contribution in [-0.4, -0.2) is 26.9 Å². The normalized spacial score (nSPS) is 17.4. The number of amides is 1. The summed E-state index contributed by atoms with van der Waals surface area (Å²) in [6.07, 6.45) is 5.99. The minimum atomic E-state index is -0.497. The van der Waals surface area contributed by atoms with Crippen molar-refractivity contribution in [1.29, 1.82) is 0 Å². The predicted molar refractivity (Wildman–Crippen MR) is 79.6 cm³/mol. The molecule has 1 amide bonds. The summed E-state index contributed by atoms with van der Waals surface area (Å²) in [6.45, 7) is 5.83. The van der Waals surface area contributed by atoms with Crippen molar-refractivity contribution in [3.8, 4) is 0 Å². The number of nitrogens with one attached hydrogen (secondary N) is 1. The molecule has 0 radical (unpaired) electrons. The monoisotopic (exact) mass is 299 g/mol. The van der Waals surface area contributed by atoms with E-state index in [2.05, 4.69) is 15.5 Å². The summed E-state index contributed by atoms with van der Waals surface area (Å²) in [7, 11) is 0. The maximum Gasteiger partial charge on any atom is 0.236 e. The van der Waals surface area contributed by atoms with Gasteiger partial charge in [-0.3, -0.25) is 4.79 Å². The maximum atomic E-state index is 12.4. The van der Waals surface area contributed by atoms with E-state index in [-0.39, 0.29) is 5.91 Å². The van der Waals surface area contributed by atoms with Crippen molar-refractivity contribution in [3.63, 3.8) is 0 Å². The largest absolute Gasteiger partial charge is 0.352 e. The standard InChI is InChI=1S/C13H21N3OS2/c1-9-15-16-12(18-9)19-13(2,3)11(17)14-10-7-5-4-6-8-10/h10H,4-8H2,1-3H3,(H,14,17). The first-order valence-electron chi connectivity index (χ1n) is 6.77. The van der Waals surface area contributed by atoms with Gasteiger partial charge in [-0.15, -0.1) is 10.2 Å². The summed E-state index contributed by atoms with van der Waals surface area (Å²) in [4.78, 5) is 12.4. The highest BCUT2D eigenvalue weighted by Crippen LogP contribution is 2.34. The lowest BCUT2D eigenvalue weighted by Gasteiger charge is -2.28. The van der Waals surface area contributed by atoms with Gasteiger partial charge in [0.2, 0.25) is 5.91 Å². The number of aromatic nitrogens is 2. The topological polar surface area (TPSA) is 54.9 Å². The van der Waals surface area contributed by atoms with Gasteiger partial charge < -0.3 is 5.32 Å². The summed E-state index contributed by atoms with van der Waals surface area (Å²) < 4.78 is 0.366. The van der Waals surface area contributed by atoms with Gasteiger partial charge in [-0.25, -0.2) is 0 Å². The molecule has 1 heterocycles. The van der Waals surface area contributed by atoms with Crippen LogP contribution in [0, 0.1) is 6.92 Å². The van der Waals surface area contributed by atoms with E-state index in [1.807, 2.05) is 20.8 Å². The van der Waals surface area contributed by atoms with Crippen LogP contribution < -0.4 is 5.32 Å². The molecule has 1 N–H and O–H groups in total. The van der Waals surface area contributed by atoms with Crippen LogP contribution in [0.4, 0.5) is 0 Å². The van der Waals surface area contributed by atoms with Crippen LogP contribution in [0.25, 0.3) is 0 Å². The van der Waals surface area contributed by atoms with Crippen molar-refractivity contribution in [2.75, 3.05) is 0 Å². The van der Waals surface area contributed by atoms with Crippen LogP contribution >= 0.6 is 23.1 Å². The molecule has 2 rings (SSSR count). The summed E-state index contributed by atoms with van der Waals surface area (Å²) >= 11 is 3.04. The second-order valence-corrected chi connectivity index (χ2v) is 8.56. The fourth-order valence-electron chi connectivity index (χ4n) is 2.19. The number of hydrogen-bond acceptors (Lipinski definition) is 5. The van der Waals surface area contributed by atoms with Crippen molar-refractivity contribution in [1.82, 2.24) is 15.5 Å². The zero-order chi connectivity index (χ0) is 13.9. The van der Waals surface area contributed by atoms with Crippen molar-refractivity contribution >= 4 is 29.0 Å². The Morgan fingerprint density at radius 2 is 2.00 bits per heavy atom. The second-order valence-electron chi connectivity index (χ2n) is 5.51. The molecule has 0 spiro atoms. The molecule has 0 bridgehead atoms. The predicted octanol–water partition coefficient (Wildman–Crippen LogP) is 3.17. The Morgan fingerprint density at radius 1 is 1.32 bits per heavy atom. The van der Waals surface area contributed by atoms with Gasteiger partial charge in [-0.1, -0.05) is 42.4 Å². The first kappa shape index (κ1) is 14.8. The molecule has 1 fully saturated rings. The molecule has 6 heteroatoms. The molecule has 106 valence electrons. The van der Waals surface area contributed by atoms with E-state index in [0.717, 1.165) is 22.2 Å². The molecule has 0 saturated heterocycles. The molecule has 0 atom stereocenters. The number of thioether (sulfide) groups is 1. The number of hydrogen-bond donors (Lipinski definition) is 1. The van der Waals surface area contributed by atoms with E-state index in [9.17, 15) is 4.79 Å². The third kappa shape index (κ3) is 4.18. The first-order chi connectivity index (χ1) is 8.97. The maximum absolute atomic E-state index is 12.4. The smallest absolute Gasteiger partial charge is 0.236 e. The van der Waals surface area contributed by atoms with Crippen molar-refractivity contribution < 1.29 is 4.79 Å². The van der Waals surface area contributed by atoms with Crippen LogP contribution in [0.15, 0.2) is 4.34 Å². The zero-order valence-corrected chi connectivity index (χ0v) is 13.4. The molecule has 4 nitrogen and oxygen atoms in total. The van der Waals surface area contributed by atoms with Crippen LogP contribution in [0.3, 0.4) is 0 Å². The molecule has 1 aromatic heterocycles. The average Bonchev–Trinajstić information content (AvgIpc) is 2.75. The highest BCUT2D eigenvalue weighted by atomic mass is 32.2. The zero-order valence-electron chi connectivity index (χ0n) is 11.7. The molecule has 0 aromatic carbocycles. The number of rotatable bonds is 4. The first-order valence-corrected chi connectivity index (χ1v) is 8.41. The lowest BCUT2D eigenvalue weighted by molar-refractivity contribution is -0.123. The van der Waals surface area contributed by atoms with E-state index in [1.165, 1.54) is 42.4 Å². The Morgan fingerprint density at radius 3 is 2.58 bits per heavy atom. The molecule has 0 aliphatic heterocycles. The molecule has 1 aliphatic carbocycles. The third-order valence-corrected chi connectivity index (χ3v) is 5.42.